The van der Waals surface area contributed by atoms with Gasteiger partial charge in [0, 0.05) is 18.1 Å². The van der Waals surface area contributed by atoms with E-state index in [0.717, 1.165) is 29.1 Å². The standard InChI is InChI=1S/C12H15N3O2S/c1-3-9-12(13-10(16)6-17-2)11(15-14-9)8-4-5-18-7-8/h4-5,7H,3,6H2,1-2H3,(H,13,16)(H,14,15). The molecule has 1 amide bonds. The molecule has 2 rings (SSSR count). The fourth-order valence-electron chi connectivity index (χ4n) is 1.68. The van der Waals surface area contributed by atoms with E-state index in [0.29, 0.717) is 0 Å². The highest BCUT2D eigenvalue weighted by Crippen LogP contribution is 2.30. The molecule has 0 bridgehead atoms. The lowest BCUT2D eigenvalue weighted by molar-refractivity contribution is -0.119. The zero-order valence-electron chi connectivity index (χ0n) is 10.3. The molecule has 0 spiro atoms. The van der Waals surface area contributed by atoms with Crippen LogP contribution in [0, 0.1) is 0 Å². The van der Waals surface area contributed by atoms with Crippen molar-refractivity contribution in [1.29, 1.82) is 0 Å². The van der Waals surface area contributed by atoms with Crippen LogP contribution in [0.15, 0.2) is 16.8 Å². The summed E-state index contributed by atoms with van der Waals surface area (Å²) in [6.07, 6.45) is 0.778. The number of H-pyrrole nitrogens is 1. The van der Waals surface area contributed by atoms with E-state index in [9.17, 15) is 4.79 Å². The van der Waals surface area contributed by atoms with Crippen LogP contribution in [0.2, 0.25) is 0 Å². The molecule has 0 saturated carbocycles. The number of aromatic amines is 1. The summed E-state index contributed by atoms with van der Waals surface area (Å²) < 4.78 is 4.82. The Kier molecular flexibility index (Phi) is 4.11. The number of nitrogens with one attached hydrogen (secondary N) is 2. The number of thiophene rings is 1. The Balaban J connectivity index is 2.31. The minimum atomic E-state index is -0.176. The third kappa shape index (κ3) is 2.60. The van der Waals surface area contributed by atoms with Crippen LogP contribution >= 0.6 is 11.3 Å². The second kappa shape index (κ2) is 5.79. The number of nitrogens with zero attached hydrogens (tertiary/aromatic N) is 1. The average molecular weight is 265 g/mol. The summed E-state index contributed by atoms with van der Waals surface area (Å²) in [6.45, 7) is 2.05. The van der Waals surface area contributed by atoms with Gasteiger partial charge in [-0.25, -0.2) is 0 Å². The number of ether oxygens (including phenoxy) is 1. The molecule has 0 aromatic carbocycles. The zero-order chi connectivity index (χ0) is 13.0. The highest BCUT2D eigenvalue weighted by Gasteiger charge is 2.16. The topological polar surface area (TPSA) is 67.0 Å². The fraction of sp³-hybridized carbons (Fsp3) is 0.333. The van der Waals surface area contributed by atoms with Gasteiger partial charge in [-0.05, 0) is 17.9 Å². The predicted molar refractivity (Wildman–Crippen MR) is 71.8 cm³/mol. The van der Waals surface area contributed by atoms with E-state index in [1.807, 2.05) is 23.8 Å². The number of anilines is 1. The van der Waals surface area contributed by atoms with E-state index in [4.69, 9.17) is 4.74 Å². The summed E-state index contributed by atoms with van der Waals surface area (Å²) in [5, 5.41) is 14.1. The minimum absolute atomic E-state index is 0.0391. The van der Waals surface area contributed by atoms with Gasteiger partial charge in [-0.15, -0.1) is 0 Å². The van der Waals surface area contributed by atoms with Crippen molar-refractivity contribution in [3.63, 3.8) is 0 Å². The molecule has 5 nitrogen and oxygen atoms in total. The van der Waals surface area contributed by atoms with Crippen molar-refractivity contribution in [2.75, 3.05) is 19.0 Å². The first-order valence-corrected chi connectivity index (χ1v) is 6.59. The van der Waals surface area contributed by atoms with Crippen molar-refractivity contribution >= 4 is 22.9 Å². The molecule has 2 aromatic rings. The molecule has 2 N–H and O–H groups in total. The molecule has 0 radical (unpaired) electrons. The number of aromatic nitrogens is 2. The smallest absolute Gasteiger partial charge is 0.250 e. The SMILES string of the molecule is CCc1[nH]nc(-c2ccsc2)c1NC(=O)COC. The van der Waals surface area contributed by atoms with E-state index >= 15 is 0 Å². The Hall–Kier alpha value is -1.66. The minimum Gasteiger partial charge on any atom is -0.375 e. The van der Waals surface area contributed by atoms with Gasteiger partial charge in [0.05, 0.1) is 11.4 Å². The Morgan fingerprint density at radius 1 is 1.61 bits per heavy atom. The van der Waals surface area contributed by atoms with E-state index in [2.05, 4.69) is 15.5 Å². The molecule has 2 heterocycles. The van der Waals surface area contributed by atoms with E-state index in [1.54, 1.807) is 11.3 Å². The van der Waals surface area contributed by atoms with Gasteiger partial charge >= 0.3 is 0 Å². The van der Waals surface area contributed by atoms with Crippen molar-refractivity contribution in [3.05, 3.63) is 22.5 Å². The first-order valence-electron chi connectivity index (χ1n) is 5.64. The highest BCUT2D eigenvalue weighted by molar-refractivity contribution is 7.08. The van der Waals surface area contributed by atoms with Crippen LogP contribution in [0.4, 0.5) is 5.69 Å². The maximum atomic E-state index is 11.6. The van der Waals surface area contributed by atoms with E-state index in [-0.39, 0.29) is 12.5 Å². The first-order chi connectivity index (χ1) is 8.76. The molecular weight excluding hydrogens is 250 g/mol. The lowest BCUT2D eigenvalue weighted by Gasteiger charge is -2.06. The first kappa shape index (κ1) is 12.8. The highest BCUT2D eigenvalue weighted by atomic mass is 32.1. The van der Waals surface area contributed by atoms with Crippen molar-refractivity contribution in [2.45, 2.75) is 13.3 Å². The van der Waals surface area contributed by atoms with Crippen LogP contribution in [0.3, 0.4) is 0 Å². The van der Waals surface area contributed by atoms with E-state index < -0.39 is 0 Å². The third-order valence-corrected chi connectivity index (χ3v) is 3.21. The number of aryl methyl sites for hydroxylation is 1. The number of amides is 1. The summed E-state index contributed by atoms with van der Waals surface area (Å²) in [5.41, 5.74) is 3.44. The zero-order valence-corrected chi connectivity index (χ0v) is 11.1. The monoisotopic (exact) mass is 265 g/mol. The predicted octanol–water partition coefficient (Wildman–Crippen LogP) is 2.29. The van der Waals surface area contributed by atoms with Crippen LogP contribution < -0.4 is 5.32 Å². The second-order valence-corrected chi connectivity index (χ2v) is 4.55. The second-order valence-electron chi connectivity index (χ2n) is 3.77. The number of methoxy groups -OCH3 is 1. The Labute approximate surface area is 109 Å². The maximum Gasteiger partial charge on any atom is 0.250 e. The summed E-state index contributed by atoms with van der Waals surface area (Å²) in [7, 11) is 1.50. The largest absolute Gasteiger partial charge is 0.375 e. The molecule has 0 aliphatic rings. The van der Waals surface area contributed by atoms with Crippen molar-refractivity contribution < 1.29 is 9.53 Å². The number of carbonyl (C=O) groups excluding carboxylic acids is 1. The number of hydrogen-bond donors (Lipinski definition) is 2. The van der Waals surface area contributed by atoms with Gasteiger partial charge in [-0.2, -0.15) is 16.4 Å². The lowest BCUT2D eigenvalue weighted by atomic mass is 10.1. The summed E-state index contributed by atoms with van der Waals surface area (Å²) in [4.78, 5) is 11.6. The van der Waals surface area contributed by atoms with Gasteiger partial charge in [0.15, 0.2) is 0 Å². The van der Waals surface area contributed by atoms with Gasteiger partial charge in [0.25, 0.3) is 0 Å². The van der Waals surface area contributed by atoms with Gasteiger partial charge in [-0.3, -0.25) is 9.89 Å². The Morgan fingerprint density at radius 3 is 3.06 bits per heavy atom. The van der Waals surface area contributed by atoms with Crippen LogP contribution in [0.1, 0.15) is 12.6 Å². The normalized spacial score (nSPS) is 10.6. The summed E-state index contributed by atoms with van der Waals surface area (Å²) >= 11 is 1.60. The van der Waals surface area contributed by atoms with Gasteiger partial charge in [0.2, 0.25) is 5.91 Å². The lowest BCUT2D eigenvalue weighted by Crippen LogP contribution is -2.18. The molecule has 18 heavy (non-hydrogen) atoms. The van der Waals surface area contributed by atoms with Crippen LogP contribution in [-0.2, 0) is 16.0 Å². The average Bonchev–Trinajstić information content (AvgIpc) is 2.97. The molecule has 0 aliphatic heterocycles. The molecule has 2 aromatic heterocycles. The quantitative estimate of drug-likeness (QED) is 0.871. The van der Waals surface area contributed by atoms with Gasteiger partial charge < -0.3 is 10.1 Å². The van der Waals surface area contributed by atoms with Crippen LogP contribution in [0.5, 0.6) is 0 Å². The molecule has 96 valence electrons. The molecule has 6 heteroatoms. The van der Waals surface area contributed by atoms with E-state index in [1.165, 1.54) is 7.11 Å². The number of rotatable bonds is 5. The number of carbonyl (C=O) groups is 1. The van der Waals surface area contributed by atoms with Gasteiger partial charge in [-0.1, -0.05) is 6.92 Å². The molecule has 0 aliphatic carbocycles. The van der Waals surface area contributed by atoms with Crippen LogP contribution in [-0.4, -0.2) is 29.8 Å². The van der Waals surface area contributed by atoms with Crippen LogP contribution in [0.25, 0.3) is 11.3 Å². The molecule has 0 atom stereocenters. The van der Waals surface area contributed by atoms with Crippen molar-refractivity contribution in [1.82, 2.24) is 10.2 Å². The summed E-state index contributed by atoms with van der Waals surface area (Å²) in [5.74, 6) is -0.176. The molecular formula is C12H15N3O2S. The Bertz CT molecular complexity index is 519. The van der Waals surface area contributed by atoms with Gasteiger partial charge in [0.1, 0.15) is 12.3 Å². The molecule has 0 unspecified atom stereocenters. The maximum absolute atomic E-state index is 11.6. The molecule has 0 saturated heterocycles. The summed E-state index contributed by atoms with van der Waals surface area (Å²) in [6, 6.07) is 1.98. The van der Waals surface area contributed by atoms with Crippen molar-refractivity contribution in [3.8, 4) is 11.3 Å². The fourth-order valence-corrected chi connectivity index (χ4v) is 2.32. The molecule has 0 fully saturated rings. The Morgan fingerprint density at radius 2 is 2.44 bits per heavy atom. The van der Waals surface area contributed by atoms with Crippen molar-refractivity contribution in [2.24, 2.45) is 0 Å². The third-order valence-electron chi connectivity index (χ3n) is 2.53. The number of hydrogen-bond acceptors (Lipinski definition) is 4.